The highest BCUT2D eigenvalue weighted by Crippen LogP contribution is 2.35. The minimum atomic E-state index is 0.747. The van der Waals surface area contributed by atoms with Gasteiger partial charge in [-0.05, 0) is 64.2 Å². The molecule has 188 valence electrons. The zero-order valence-corrected chi connectivity index (χ0v) is 21.8. The summed E-state index contributed by atoms with van der Waals surface area (Å²) in [5.74, 6) is 0. The normalized spacial score (nSPS) is 10.8. The molecule has 3 N–H and O–H groups in total. The highest BCUT2D eigenvalue weighted by atomic mass is 14.8. The summed E-state index contributed by atoms with van der Waals surface area (Å²) in [5.41, 5.74) is 18.9. The molecule has 0 spiro atoms. The molecule has 3 nitrogen and oxygen atoms in total. The van der Waals surface area contributed by atoms with Gasteiger partial charge in [0.2, 0.25) is 0 Å². The lowest BCUT2D eigenvalue weighted by atomic mass is 9.96. The number of anilines is 2. The van der Waals surface area contributed by atoms with Crippen molar-refractivity contribution in [3.05, 3.63) is 140 Å². The number of rotatable bonds is 6. The first-order valence-corrected chi connectivity index (χ1v) is 13.1. The number of nitrogens with two attached hydrogens (primary N) is 1. The van der Waals surface area contributed by atoms with Gasteiger partial charge in [-0.25, -0.2) is 4.98 Å². The predicted molar refractivity (Wildman–Crippen MR) is 165 cm³/mol. The molecule has 6 rings (SSSR count). The second-order valence-electron chi connectivity index (χ2n) is 9.57. The SMILES string of the molecule is CNc1ccc(N)c(-c2cccc(-c3cc(-c4ccc(-c5ccccc5)cc4)cc(-c4ccccc4)n3)c2)c1. The molecule has 39 heavy (non-hydrogen) atoms. The Morgan fingerprint density at radius 1 is 0.462 bits per heavy atom. The van der Waals surface area contributed by atoms with Gasteiger partial charge in [-0.1, -0.05) is 103 Å². The van der Waals surface area contributed by atoms with Gasteiger partial charge in [0.1, 0.15) is 0 Å². The van der Waals surface area contributed by atoms with Crippen LogP contribution >= 0.6 is 0 Å². The summed E-state index contributed by atoms with van der Waals surface area (Å²) in [5, 5.41) is 3.21. The Labute approximate surface area is 229 Å². The Hall–Kier alpha value is -5.15. The quantitative estimate of drug-likeness (QED) is 0.223. The molecule has 0 unspecified atom stereocenters. The summed E-state index contributed by atoms with van der Waals surface area (Å²) in [6.07, 6.45) is 0. The molecule has 0 aliphatic rings. The minimum Gasteiger partial charge on any atom is -0.398 e. The number of aromatic nitrogens is 1. The number of hydrogen-bond donors (Lipinski definition) is 2. The van der Waals surface area contributed by atoms with Gasteiger partial charge in [-0.15, -0.1) is 0 Å². The van der Waals surface area contributed by atoms with E-state index in [9.17, 15) is 0 Å². The van der Waals surface area contributed by atoms with Gasteiger partial charge in [-0.2, -0.15) is 0 Å². The summed E-state index contributed by atoms with van der Waals surface area (Å²) in [7, 11) is 1.92. The maximum atomic E-state index is 6.38. The molecule has 0 bridgehead atoms. The molecule has 5 aromatic carbocycles. The van der Waals surface area contributed by atoms with Crippen LogP contribution in [0, 0.1) is 0 Å². The van der Waals surface area contributed by atoms with Crippen molar-refractivity contribution in [3.63, 3.8) is 0 Å². The first-order valence-electron chi connectivity index (χ1n) is 13.1. The van der Waals surface area contributed by atoms with Crippen molar-refractivity contribution in [1.82, 2.24) is 4.98 Å². The zero-order chi connectivity index (χ0) is 26.6. The average Bonchev–Trinajstić information content (AvgIpc) is 3.02. The van der Waals surface area contributed by atoms with E-state index in [2.05, 4.69) is 121 Å². The van der Waals surface area contributed by atoms with Gasteiger partial charge in [0, 0.05) is 35.1 Å². The Bertz CT molecular complexity index is 1720. The third-order valence-corrected chi connectivity index (χ3v) is 7.03. The van der Waals surface area contributed by atoms with E-state index in [1.807, 2.05) is 31.3 Å². The van der Waals surface area contributed by atoms with Crippen LogP contribution in [-0.4, -0.2) is 12.0 Å². The van der Waals surface area contributed by atoms with E-state index in [0.717, 1.165) is 56.1 Å². The van der Waals surface area contributed by atoms with Crippen molar-refractivity contribution < 1.29 is 0 Å². The standard InChI is InChI=1S/C36H29N3/c1-38-32-19-20-34(37)33(24-32)29-13-8-14-30(21-29)36-23-31(22-35(39-36)28-11-6-3-7-12-28)27-17-15-26(16-18-27)25-9-4-2-5-10-25/h2-24,38H,37H2,1H3. The van der Waals surface area contributed by atoms with E-state index in [1.54, 1.807) is 0 Å². The third-order valence-electron chi connectivity index (χ3n) is 7.03. The van der Waals surface area contributed by atoms with E-state index < -0.39 is 0 Å². The van der Waals surface area contributed by atoms with Crippen molar-refractivity contribution in [2.45, 2.75) is 0 Å². The molecule has 0 atom stereocenters. The number of nitrogens with one attached hydrogen (secondary N) is 1. The highest BCUT2D eigenvalue weighted by molar-refractivity contribution is 5.84. The molecule has 0 aliphatic heterocycles. The van der Waals surface area contributed by atoms with Gasteiger partial charge >= 0.3 is 0 Å². The van der Waals surface area contributed by atoms with E-state index in [4.69, 9.17) is 10.7 Å². The van der Waals surface area contributed by atoms with Gasteiger partial charge in [0.05, 0.1) is 11.4 Å². The molecular formula is C36H29N3. The van der Waals surface area contributed by atoms with Crippen LogP contribution in [0.3, 0.4) is 0 Å². The lowest BCUT2D eigenvalue weighted by Crippen LogP contribution is -1.95. The van der Waals surface area contributed by atoms with E-state index in [-0.39, 0.29) is 0 Å². The Morgan fingerprint density at radius 2 is 1.00 bits per heavy atom. The molecule has 0 aliphatic carbocycles. The van der Waals surface area contributed by atoms with Crippen LogP contribution in [0.5, 0.6) is 0 Å². The van der Waals surface area contributed by atoms with Gasteiger partial charge in [0.25, 0.3) is 0 Å². The van der Waals surface area contributed by atoms with Crippen molar-refractivity contribution in [3.8, 4) is 55.9 Å². The predicted octanol–water partition coefficient (Wildman–Crippen LogP) is 9.04. The summed E-state index contributed by atoms with van der Waals surface area (Å²) >= 11 is 0. The molecule has 0 amide bonds. The van der Waals surface area contributed by atoms with Crippen LogP contribution in [0.25, 0.3) is 55.9 Å². The highest BCUT2D eigenvalue weighted by Gasteiger charge is 2.11. The number of pyridine rings is 1. The van der Waals surface area contributed by atoms with Crippen molar-refractivity contribution >= 4 is 11.4 Å². The molecule has 0 radical (unpaired) electrons. The first-order chi connectivity index (χ1) is 19.2. The van der Waals surface area contributed by atoms with Crippen LogP contribution in [0.15, 0.2) is 140 Å². The van der Waals surface area contributed by atoms with E-state index in [0.29, 0.717) is 0 Å². The molecule has 1 aromatic heterocycles. The second kappa shape index (κ2) is 10.7. The fourth-order valence-electron chi connectivity index (χ4n) is 4.90. The fraction of sp³-hybridized carbons (Fsp3) is 0.0278. The van der Waals surface area contributed by atoms with Crippen LogP contribution in [0.2, 0.25) is 0 Å². The summed E-state index contributed by atoms with van der Waals surface area (Å²) in [6.45, 7) is 0. The molecule has 3 heteroatoms. The molecule has 1 heterocycles. The molecule has 6 aromatic rings. The Morgan fingerprint density at radius 3 is 1.67 bits per heavy atom. The second-order valence-corrected chi connectivity index (χ2v) is 9.57. The van der Waals surface area contributed by atoms with Crippen LogP contribution < -0.4 is 11.1 Å². The van der Waals surface area contributed by atoms with Crippen molar-refractivity contribution in [2.75, 3.05) is 18.1 Å². The first kappa shape index (κ1) is 24.2. The van der Waals surface area contributed by atoms with Gasteiger partial charge < -0.3 is 11.1 Å². The monoisotopic (exact) mass is 503 g/mol. The third kappa shape index (κ3) is 5.16. The largest absolute Gasteiger partial charge is 0.398 e. The lowest BCUT2D eigenvalue weighted by molar-refractivity contribution is 1.32. The van der Waals surface area contributed by atoms with E-state index >= 15 is 0 Å². The summed E-state index contributed by atoms with van der Waals surface area (Å²) in [4.78, 5) is 5.11. The number of benzene rings is 5. The molecular weight excluding hydrogens is 474 g/mol. The van der Waals surface area contributed by atoms with Gasteiger partial charge in [0.15, 0.2) is 0 Å². The van der Waals surface area contributed by atoms with Crippen LogP contribution in [-0.2, 0) is 0 Å². The van der Waals surface area contributed by atoms with Crippen LogP contribution in [0.4, 0.5) is 11.4 Å². The summed E-state index contributed by atoms with van der Waals surface area (Å²) in [6, 6.07) is 48.4. The van der Waals surface area contributed by atoms with Crippen LogP contribution in [0.1, 0.15) is 0 Å². The van der Waals surface area contributed by atoms with E-state index in [1.165, 1.54) is 11.1 Å². The molecule has 0 saturated carbocycles. The number of nitrogen functional groups attached to an aromatic ring is 1. The topological polar surface area (TPSA) is 50.9 Å². The molecule has 0 saturated heterocycles. The average molecular weight is 504 g/mol. The van der Waals surface area contributed by atoms with Crippen molar-refractivity contribution in [2.24, 2.45) is 0 Å². The van der Waals surface area contributed by atoms with Gasteiger partial charge in [-0.3, -0.25) is 0 Å². The maximum absolute atomic E-state index is 6.38. The summed E-state index contributed by atoms with van der Waals surface area (Å²) < 4.78 is 0. The lowest BCUT2D eigenvalue weighted by Gasteiger charge is -2.13. The smallest absolute Gasteiger partial charge is 0.0715 e. The number of nitrogens with zero attached hydrogens (tertiary/aromatic N) is 1. The van der Waals surface area contributed by atoms with Crippen molar-refractivity contribution in [1.29, 1.82) is 0 Å². The zero-order valence-electron chi connectivity index (χ0n) is 21.8. The fourth-order valence-corrected chi connectivity index (χ4v) is 4.90. The molecule has 0 fully saturated rings. The Balaban J connectivity index is 1.45. The minimum absolute atomic E-state index is 0.747. The Kier molecular flexibility index (Phi) is 6.63. The maximum Gasteiger partial charge on any atom is 0.0715 e. The number of hydrogen-bond acceptors (Lipinski definition) is 3.